The van der Waals surface area contributed by atoms with Crippen molar-refractivity contribution in [3.63, 3.8) is 0 Å². The lowest BCUT2D eigenvalue weighted by Gasteiger charge is -2.19. The van der Waals surface area contributed by atoms with Gasteiger partial charge in [-0.15, -0.1) is 10.2 Å². The zero-order chi connectivity index (χ0) is 13.3. The van der Waals surface area contributed by atoms with E-state index in [1.54, 1.807) is 0 Å². The second-order valence-corrected chi connectivity index (χ2v) is 3.62. The van der Waals surface area contributed by atoms with Crippen molar-refractivity contribution in [2.75, 3.05) is 6.61 Å². The van der Waals surface area contributed by atoms with Gasteiger partial charge in [0.25, 0.3) is 0 Å². The average Bonchev–Trinajstić information content (AvgIpc) is 2.60. The van der Waals surface area contributed by atoms with Gasteiger partial charge >= 0.3 is 12.1 Å². The first-order valence-electron chi connectivity index (χ1n) is 4.46. The molecule has 96 valence electrons. The van der Waals surface area contributed by atoms with Gasteiger partial charge < -0.3 is 14.9 Å². The molecule has 0 saturated heterocycles. The Kier molecular flexibility index (Phi) is 3.41. The summed E-state index contributed by atoms with van der Waals surface area (Å²) >= 11 is 0. The number of carbonyl (C=O) groups is 1. The molecule has 0 aliphatic carbocycles. The highest BCUT2D eigenvalue weighted by atomic mass is 19.4. The fourth-order valence-corrected chi connectivity index (χ4v) is 0.886. The topological polar surface area (TPSA) is 91.2 Å². The van der Waals surface area contributed by atoms with Gasteiger partial charge in [0.1, 0.15) is 12.1 Å². The minimum Gasteiger partial charge on any atom is -0.457 e. The summed E-state index contributed by atoms with van der Waals surface area (Å²) in [5.74, 6) is -2.21. The molecule has 0 aliphatic heterocycles. The Hall–Kier alpha value is -1.64. The highest BCUT2D eigenvalue weighted by Crippen LogP contribution is 2.20. The third kappa shape index (κ3) is 3.41. The zero-order valence-electron chi connectivity index (χ0n) is 9.04. The van der Waals surface area contributed by atoms with E-state index in [0.29, 0.717) is 0 Å². The number of carbonyl (C=O) groups excluding carboxylic acids is 1. The van der Waals surface area contributed by atoms with Crippen LogP contribution in [0.1, 0.15) is 18.7 Å². The highest BCUT2D eigenvalue weighted by molar-refractivity contribution is 5.75. The summed E-state index contributed by atoms with van der Waals surface area (Å²) in [7, 11) is 0. The predicted octanol–water partition coefficient (Wildman–Crippen LogP) is 0.657. The van der Waals surface area contributed by atoms with Crippen molar-refractivity contribution < 1.29 is 27.1 Å². The first-order chi connectivity index (χ1) is 7.63. The highest BCUT2D eigenvalue weighted by Gasteiger charge is 2.42. The van der Waals surface area contributed by atoms with Gasteiger partial charge in [-0.1, -0.05) is 0 Å². The lowest BCUT2D eigenvalue weighted by atomic mass is 10.1. The van der Waals surface area contributed by atoms with Gasteiger partial charge in [0.05, 0.1) is 0 Å². The number of aromatic nitrogens is 2. The first kappa shape index (κ1) is 13.4. The fraction of sp³-hybridized carbons (Fsp3) is 0.625. The molecule has 1 atom stereocenters. The molecule has 1 rings (SSSR count). The summed E-state index contributed by atoms with van der Waals surface area (Å²) < 4.78 is 44.6. The number of hydrogen-bond acceptors (Lipinski definition) is 6. The number of ether oxygens (including phenoxy) is 1. The van der Waals surface area contributed by atoms with Crippen LogP contribution >= 0.6 is 0 Å². The Morgan fingerprint density at radius 2 is 2.06 bits per heavy atom. The Bertz CT molecular complexity index is 414. The number of nitrogens with zero attached hydrogens (tertiary/aromatic N) is 2. The first-order valence-corrected chi connectivity index (χ1v) is 4.46. The molecular weight excluding hydrogens is 243 g/mol. The van der Waals surface area contributed by atoms with Crippen molar-refractivity contribution in [1.29, 1.82) is 0 Å². The van der Waals surface area contributed by atoms with Gasteiger partial charge in [0, 0.05) is 6.92 Å². The maximum absolute atomic E-state index is 11.9. The Labute approximate surface area is 93.9 Å². The van der Waals surface area contributed by atoms with Crippen LogP contribution < -0.4 is 5.73 Å². The van der Waals surface area contributed by atoms with E-state index < -0.39 is 24.3 Å². The maximum atomic E-state index is 11.9. The quantitative estimate of drug-likeness (QED) is 0.795. The van der Waals surface area contributed by atoms with Crippen molar-refractivity contribution in [3.8, 4) is 0 Å². The number of halogens is 3. The van der Waals surface area contributed by atoms with E-state index in [4.69, 9.17) is 10.2 Å². The van der Waals surface area contributed by atoms with Crippen molar-refractivity contribution in [3.05, 3.63) is 11.8 Å². The number of hydrogen-bond donors (Lipinski definition) is 1. The number of nitrogens with two attached hydrogens (primary N) is 1. The van der Waals surface area contributed by atoms with Crippen LogP contribution in [0.5, 0.6) is 0 Å². The molecule has 0 fully saturated rings. The van der Waals surface area contributed by atoms with Crippen LogP contribution in [0.2, 0.25) is 0 Å². The summed E-state index contributed by atoms with van der Waals surface area (Å²) in [6.07, 6.45) is -5.05. The van der Waals surface area contributed by atoms with Crippen LogP contribution in [0, 0.1) is 6.92 Å². The molecule has 0 aliphatic rings. The smallest absolute Gasteiger partial charge is 0.457 e. The number of alkyl halides is 3. The van der Waals surface area contributed by atoms with E-state index in [-0.39, 0.29) is 11.8 Å². The van der Waals surface area contributed by atoms with Crippen molar-refractivity contribution in [2.24, 2.45) is 5.73 Å². The molecule has 1 heterocycles. The third-order valence-corrected chi connectivity index (χ3v) is 1.75. The molecule has 0 saturated carbocycles. The van der Waals surface area contributed by atoms with Gasteiger partial charge in [0.15, 0.2) is 0 Å². The fourth-order valence-electron chi connectivity index (χ4n) is 0.886. The summed E-state index contributed by atoms with van der Waals surface area (Å²) in [6, 6.07) is 0. The number of aryl methyl sites for hydroxylation is 1. The van der Waals surface area contributed by atoms with Crippen molar-refractivity contribution >= 4 is 5.97 Å². The summed E-state index contributed by atoms with van der Waals surface area (Å²) in [4.78, 5) is 10.5. The van der Waals surface area contributed by atoms with Gasteiger partial charge in [-0.2, -0.15) is 13.2 Å². The summed E-state index contributed by atoms with van der Waals surface area (Å²) in [5.41, 5.74) is 4.13. The SMILES string of the molecule is Cc1nnc(C(C)(N)COC(=O)C(F)(F)F)o1. The van der Waals surface area contributed by atoms with Crippen molar-refractivity contribution in [2.45, 2.75) is 25.6 Å². The molecule has 1 aromatic heterocycles. The molecule has 0 radical (unpaired) electrons. The monoisotopic (exact) mass is 253 g/mol. The minimum absolute atomic E-state index is 0.107. The average molecular weight is 253 g/mol. The molecule has 1 unspecified atom stereocenters. The second kappa shape index (κ2) is 4.32. The van der Waals surface area contributed by atoms with Crippen LogP contribution in [0.15, 0.2) is 4.42 Å². The van der Waals surface area contributed by atoms with Crippen LogP contribution in [0.4, 0.5) is 13.2 Å². The van der Waals surface area contributed by atoms with Crippen LogP contribution in [-0.4, -0.2) is 28.9 Å². The molecule has 6 nitrogen and oxygen atoms in total. The molecule has 0 aromatic carbocycles. The van der Waals surface area contributed by atoms with Gasteiger partial charge in [0.2, 0.25) is 11.8 Å². The lowest BCUT2D eigenvalue weighted by molar-refractivity contribution is -0.201. The van der Waals surface area contributed by atoms with E-state index in [1.165, 1.54) is 13.8 Å². The standard InChI is InChI=1S/C8H10F3N3O3/c1-4-13-14-5(17-4)7(2,12)3-16-6(15)8(9,10)11/h3,12H2,1-2H3. The van der Waals surface area contributed by atoms with E-state index in [1.807, 2.05) is 0 Å². The van der Waals surface area contributed by atoms with E-state index in [2.05, 4.69) is 14.9 Å². The molecule has 9 heteroatoms. The summed E-state index contributed by atoms with van der Waals surface area (Å²) in [6.45, 7) is 2.09. The molecule has 0 amide bonds. The minimum atomic E-state index is -5.05. The zero-order valence-corrected chi connectivity index (χ0v) is 9.04. The van der Waals surface area contributed by atoms with Crippen LogP contribution in [0.25, 0.3) is 0 Å². The molecular formula is C8H10F3N3O3. The molecule has 0 spiro atoms. The maximum Gasteiger partial charge on any atom is 0.490 e. The number of esters is 1. The summed E-state index contributed by atoms with van der Waals surface area (Å²) in [5, 5.41) is 7.01. The Balaban J connectivity index is 2.65. The predicted molar refractivity (Wildman–Crippen MR) is 47.6 cm³/mol. The van der Waals surface area contributed by atoms with Gasteiger partial charge in [-0.05, 0) is 6.92 Å². The number of rotatable bonds is 3. The lowest BCUT2D eigenvalue weighted by Crippen LogP contribution is -2.41. The second-order valence-electron chi connectivity index (χ2n) is 3.62. The third-order valence-electron chi connectivity index (χ3n) is 1.75. The van der Waals surface area contributed by atoms with E-state index in [9.17, 15) is 18.0 Å². The van der Waals surface area contributed by atoms with Gasteiger partial charge in [-0.25, -0.2) is 4.79 Å². The van der Waals surface area contributed by atoms with Crippen molar-refractivity contribution in [1.82, 2.24) is 10.2 Å². The van der Waals surface area contributed by atoms with E-state index in [0.717, 1.165) is 0 Å². The molecule has 1 aromatic rings. The van der Waals surface area contributed by atoms with Gasteiger partial charge in [-0.3, -0.25) is 0 Å². The normalized spacial score (nSPS) is 15.4. The van der Waals surface area contributed by atoms with Crippen LogP contribution in [-0.2, 0) is 15.1 Å². The molecule has 2 N–H and O–H groups in total. The van der Waals surface area contributed by atoms with Crippen LogP contribution in [0.3, 0.4) is 0 Å². The van der Waals surface area contributed by atoms with E-state index >= 15 is 0 Å². The molecule has 0 bridgehead atoms. The Morgan fingerprint density at radius 1 is 1.47 bits per heavy atom. The Morgan fingerprint density at radius 3 is 2.47 bits per heavy atom. The molecule has 17 heavy (non-hydrogen) atoms. The largest absolute Gasteiger partial charge is 0.490 e.